The van der Waals surface area contributed by atoms with Crippen LogP contribution in [0.1, 0.15) is 26.3 Å². The van der Waals surface area contributed by atoms with E-state index in [2.05, 4.69) is 5.32 Å². The molecule has 1 heterocycles. The summed E-state index contributed by atoms with van der Waals surface area (Å²) in [6.07, 6.45) is 0.408. The third-order valence-corrected chi connectivity index (χ3v) is 4.31. The molecule has 2 aromatic carbocycles. The maximum Gasteiger partial charge on any atom is 0.254 e. The third-order valence-electron chi connectivity index (χ3n) is 4.31. The molecule has 2 amide bonds. The van der Waals surface area contributed by atoms with E-state index in [1.54, 1.807) is 47.4 Å². The smallest absolute Gasteiger partial charge is 0.254 e. The van der Waals surface area contributed by atoms with E-state index in [4.69, 9.17) is 4.74 Å². The minimum absolute atomic E-state index is 0.102. The van der Waals surface area contributed by atoms with Crippen LogP contribution >= 0.6 is 0 Å². The van der Waals surface area contributed by atoms with Gasteiger partial charge >= 0.3 is 0 Å². The fourth-order valence-electron chi connectivity index (χ4n) is 2.86. The van der Waals surface area contributed by atoms with Crippen molar-refractivity contribution in [2.24, 2.45) is 0 Å². The lowest BCUT2D eigenvalue weighted by molar-refractivity contribution is 0.0303. The maximum atomic E-state index is 13.6. The Morgan fingerprint density at radius 3 is 2.54 bits per heavy atom. The molecule has 3 rings (SSSR count). The number of hydrogen-bond acceptors (Lipinski definition) is 3. The Hall–Kier alpha value is -2.73. The Morgan fingerprint density at radius 2 is 1.77 bits per heavy atom. The van der Waals surface area contributed by atoms with Crippen molar-refractivity contribution < 1.29 is 18.7 Å². The van der Waals surface area contributed by atoms with Gasteiger partial charge in [-0.1, -0.05) is 24.3 Å². The number of amides is 2. The molecule has 0 atom stereocenters. The summed E-state index contributed by atoms with van der Waals surface area (Å²) < 4.78 is 18.8. The summed E-state index contributed by atoms with van der Waals surface area (Å²) in [6.45, 7) is 2.49. The third kappa shape index (κ3) is 4.46. The standard InChI is InChI=1S/C20H21FN2O3/c21-18-7-2-1-4-15(18)8-9-22-19(24)16-5-3-6-17(14-16)20(25)23-10-12-26-13-11-23/h1-7,14H,8-13H2,(H,22,24). The summed E-state index contributed by atoms with van der Waals surface area (Å²) in [5.41, 5.74) is 1.45. The summed E-state index contributed by atoms with van der Waals surface area (Å²) >= 11 is 0. The monoisotopic (exact) mass is 356 g/mol. The fraction of sp³-hybridized carbons (Fsp3) is 0.300. The quantitative estimate of drug-likeness (QED) is 0.894. The minimum Gasteiger partial charge on any atom is -0.378 e. The summed E-state index contributed by atoms with van der Waals surface area (Å²) in [6, 6.07) is 13.1. The van der Waals surface area contributed by atoms with Crippen LogP contribution in [0.25, 0.3) is 0 Å². The molecule has 0 spiro atoms. The molecule has 1 fully saturated rings. The molecular weight excluding hydrogens is 335 g/mol. The van der Waals surface area contributed by atoms with Gasteiger partial charge in [-0.25, -0.2) is 4.39 Å². The lowest BCUT2D eigenvalue weighted by Gasteiger charge is -2.27. The highest BCUT2D eigenvalue weighted by atomic mass is 19.1. The largest absolute Gasteiger partial charge is 0.378 e. The van der Waals surface area contributed by atoms with Gasteiger partial charge in [0.05, 0.1) is 13.2 Å². The first kappa shape index (κ1) is 18.1. The predicted molar refractivity (Wildman–Crippen MR) is 95.6 cm³/mol. The van der Waals surface area contributed by atoms with Crippen molar-refractivity contribution in [1.29, 1.82) is 0 Å². The molecule has 0 aromatic heterocycles. The highest BCUT2D eigenvalue weighted by molar-refractivity contribution is 5.99. The zero-order valence-corrected chi connectivity index (χ0v) is 14.4. The van der Waals surface area contributed by atoms with Crippen molar-refractivity contribution in [2.45, 2.75) is 6.42 Å². The molecule has 26 heavy (non-hydrogen) atoms. The molecule has 1 aliphatic rings. The Bertz CT molecular complexity index is 788. The topological polar surface area (TPSA) is 58.6 Å². The number of ether oxygens (including phenoxy) is 1. The average molecular weight is 356 g/mol. The van der Waals surface area contributed by atoms with Gasteiger partial charge in [0.25, 0.3) is 11.8 Å². The second kappa shape index (κ2) is 8.58. The summed E-state index contributed by atoms with van der Waals surface area (Å²) in [5.74, 6) is -0.660. The van der Waals surface area contributed by atoms with Gasteiger partial charge in [0.1, 0.15) is 5.82 Å². The molecule has 0 unspecified atom stereocenters. The number of rotatable bonds is 5. The Kier molecular flexibility index (Phi) is 5.96. The predicted octanol–water partition coefficient (Wildman–Crippen LogP) is 2.27. The molecule has 5 nitrogen and oxygen atoms in total. The molecule has 0 aliphatic carbocycles. The Labute approximate surface area is 151 Å². The minimum atomic E-state index is -0.280. The van der Waals surface area contributed by atoms with Crippen LogP contribution in [0.2, 0.25) is 0 Å². The van der Waals surface area contributed by atoms with Crippen LogP contribution in [0.15, 0.2) is 48.5 Å². The van der Waals surface area contributed by atoms with Gasteiger partial charge < -0.3 is 15.0 Å². The fourth-order valence-corrected chi connectivity index (χ4v) is 2.86. The van der Waals surface area contributed by atoms with E-state index in [0.29, 0.717) is 56.0 Å². The summed E-state index contributed by atoms with van der Waals surface area (Å²) in [4.78, 5) is 26.6. The average Bonchev–Trinajstić information content (AvgIpc) is 2.69. The van der Waals surface area contributed by atoms with E-state index in [1.165, 1.54) is 6.07 Å². The van der Waals surface area contributed by atoms with Crippen molar-refractivity contribution in [2.75, 3.05) is 32.8 Å². The van der Waals surface area contributed by atoms with E-state index in [0.717, 1.165) is 0 Å². The van der Waals surface area contributed by atoms with E-state index in [-0.39, 0.29) is 17.6 Å². The van der Waals surface area contributed by atoms with Gasteiger partial charge in [0.2, 0.25) is 0 Å². The molecule has 1 saturated heterocycles. The number of carbonyl (C=O) groups excluding carboxylic acids is 2. The van der Waals surface area contributed by atoms with Crippen molar-refractivity contribution >= 4 is 11.8 Å². The highest BCUT2D eigenvalue weighted by Gasteiger charge is 2.19. The van der Waals surface area contributed by atoms with Gasteiger partial charge in [-0.2, -0.15) is 0 Å². The molecule has 1 aliphatic heterocycles. The number of carbonyl (C=O) groups is 2. The maximum absolute atomic E-state index is 13.6. The number of nitrogens with zero attached hydrogens (tertiary/aromatic N) is 1. The van der Waals surface area contributed by atoms with E-state index in [9.17, 15) is 14.0 Å². The van der Waals surface area contributed by atoms with E-state index < -0.39 is 0 Å². The van der Waals surface area contributed by atoms with Crippen LogP contribution < -0.4 is 5.32 Å². The Balaban J connectivity index is 1.59. The van der Waals surface area contributed by atoms with Crippen molar-refractivity contribution in [3.63, 3.8) is 0 Å². The summed E-state index contributed by atoms with van der Waals surface area (Å²) in [5, 5.41) is 2.77. The van der Waals surface area contributed by atoms with Crippen LogP contribution in [-0.4, -0.2) is 49.6 Å². The molecule has 0 saturated carbocycles. The van der Waals surface area contributed by atoms with E-state index >= 15 is 0 Å². The lowest BCUT2D eigenvalue weighted by Crippen LogP contribution is -2.40. The van der Waals surface area contributed by atoms with Crippen molar-refractivity contribution in [1.82, 2.24) is 10.2 Å². The second-order valence-electron chi connectivity index (χ2n) is 6.08. The van der Waals surface area contributed by atoms with Gasteiger partial charge in [0.15, 0.2) is 0 Å². The number of nitrogens with one attached hydrogen (secondary N) is 1. The molecule has 0 bridgehead atoms. The van der Waals surface area contributed by atoms with Gasteiger partial charge in [-0.3, -0.25) is 9.59 Å². The van der Waals surface area contributed by atoms with Crippen LogP contribution in [0.5, 0.6) is 0 Å². The second-order valence-corrected chi connectivity index (χ2v) is 6.08. The first-order valence-corrected chi connectivity index (χ1v) is 8.64. The summed E-state index contributed by atoms with van der Waals surface area (Å²) in [7, 11) is 0. The molecule has 136 valence electrons. The number of benzene rings is 2. The molecular formula is C20H21FN2O3. The van der Waals surface area contributed by atoms with Gasteiger partial charge in [-0.05, 0) is 36.2 Å². The first-order chi connectivity index (χ1) is 12.6. The zero-order valence-electron chi connectivity index (χ0n) is 14.4. The number of morpholine rings is 1. The van der Waals surface area contributed by atoms with Crippen LogP contribution in [-0.2, 0) is 11.2 Å². The SMILES string of the molecule is O=C(NCCc1ccccc1F)c1cccc(C(=O)N2CCOCC2)c1. The molecule has 2 aromatic rings. The van der Waals surface area contributed by atoms with Crippen LogP contribution in [0.3, 0.4) is 0 Å². The highest BCUT2D eigenvalue weighted by Crippen LogP contribution is 2.11. The van der Waals surface area contributed by atoms with Gasteiger partial charge in [0, 0.05) is 30.8 Å². The first-order valence-electron chi connectivity index (χ1n) is 8.64. The zero-order chi connectivity index (χ0) is 18.4. The van der Waals surface area contributed by atoms with Crippen molar-refractivity contribution in [3.8, 4) is 0 Å². The molecule has 0 radical (unpaired) electrons. The van der Waals surface area contributed by atoms with Crippen LogP contribution in [0, 0.1) is 5.82 Å². The normalized spacial score (nSPS) is 14.1. The number of hydrogen-bond donors (Lipinski definition) is 1. The van der Waals surface area contributed by atoms with Gasteiger partial charge in [-0.15, -0.1) is 0 Å². The Morgan fingerprint density at radius 1 is 1.04 bits per heavy atom. The lowest BCUT2D eigenvalue weighted by atomic mass is 10.1. The molecule has 1 N–H and O–H groups in total. The van der Waals surface area contributed by atoms with Crippen LogP contribution in [0.4, 0.5) is 4.39 Å². The molecule has 6 heteroatoms. The van der Waals surface area contributed by atoms with Crippen molar-refractivity contribution in [3.05, 3.63) is 71.0 Å². The number of halogens is 1. The van der Waals surface area contributed by atoms with E-state index in [1.807, 2.05) is 0 Å².